The minimum atomic E-state index is -0.234. The van der Waals surface area contributed by atoms with Crippen LogP contribution < -0.4 is 14.8 Å². The maximum absolute atomic E-state index is 12.7. The molecule has 1 amide bonds. The van der Waals surface area contributed by atoms with Gasteiger partial charge in [0.05, 0.1) is 18.0 Å². The van der Waals surface area contributed by atoms with E-state index < -0.39 is 0 Å². The number of hydrogen-bond acceptors (Lipinski definition) is 7. The molecule has 0 atom stereocenters. The SMILES string of the molecule is CC(=O)c1ccccc1NC(=O)CSc1nnc(-c2ccccc2)n1Cc1ccc2c(c1)OCO2. The summed E-state index contributed by atoms with van der Waals surface area (Å²) in [4.78, 5) is 24.6. The van der Waals surface area contributed by atoms with Crippen molar-refractivity contribution in [2.75, 3.05) is 17.9 Å². The van der Waals surface area contributed by atoms with Crippen molar-refractivity contribution in [3.63, 3.8) is 0 Å². The number of hydrogen-bond donors (Lipinski definition) is 1. The number of carbonyl (C=O) groups excluding carboxylic acids is 2. The molecule has 176 valence electrons. The van der Waals surface area contributed by atoms with E-state index in [-0.39, 0.29) is 24.2 Å². The average Bonchev–Trinajstić information content (AvgIpc) is 3.50. The highest BCUT2D eigenvalue weighted by Crippen LogP contribution is 2.33. The topological polar surface area (TPSA) is 95.3 Å². The van der Waals surface area contributed by atoms with Crippen LogP contribution in [0.3, 0.4) is 0 Å². The first-order valence-corrected chi connectivity index (χ1v) is 12.0. The Hall–Kier alpha value is -4.11. The lowest BCUT2D eigenvalue weighted by atomic mass is 10.1. The third-order valence-corrected chi connectivity index (χ3v) is 6.41. The number of para-hydroxylation sites is 1. The lowest BCUT2D eigenvalue weighted by Crippen LogP contribution is -2.16. The number of rotatable bonds is 8. The van der Waals surface area contributed by atoms with Crippen LogP contribution in [0.1, 0.15) is 22.8 Å². The molecular formula is C26H22N4O4S. The van der Waals surface area contributed by atoms with E-state index in [1.165, 1.54) is 18.7 Å². The number of ether oxygens (including phenoxy) is 2. The van der Waals surface area contributed by atoms with Gasteiger partial charge in [0, 0.05) is 11.1 Å². The van der Waals surface area contributed by atoms with Crippen LogP contribution in [0.2, 0.25) is 0 Å². The van der Waals surface area contributed by atoms with Gasteiger partial charge in [-0.2, -0.15) is 0 Å². The quantitative estimate of drug-likeness (QED) is 0.286. The van der Waals surface area contributed by atoms with Crippen molar-refractivity contribution in [2.45, 2.75) is 18.6 Å². The molecule has 4 aromatic rings. The first-order valence-electron chi connectivity index (χ1n) is 11.0. The summed E-state index contributed by atoms with van der Waals surface area (Å²) in [7, 11) is 0. The third-order valence-electron chi connectivity index (χ3n) is 5.44. The van der Waals surface area contributed by atoms with Crippen LogP contribution >= 0.6 is 11.8 Å². The van der Waals surface area contributed by atoms with Crippen LogP contribution in [-0.2, 0) is 11.3 Å². The number of thioether (sulfide) groups is 1. The highest BCUT2D eigenvalue weighted by molar-refractivity contribution is 7.99. The van der Waals surface area contributed by atoms with E-state index in [0.29, 0.717) is 34.5 Å². The zero-order valence-electron chi connectivity index (χ0n) is 18.9. The molecule has 0 bridgehead atoms. The average molecular weight is 487 g/mol. The fourth-order valence-corrected chi connectivity index (χ4v) is 4.51. The second-order valence-corrected chi connectivity index (χ2v) is 8.83. The minimum absolute atomic E-state index is 0.107. The Morgan fingerprint density at radius 2 is 1.74 bits per heavy atom. The Morgan fingerprint density at radius 1 is 0.971 bits per heavy atom. The van der Waals surface area contributed by atoms with E-state index in [1.807, 2.05) is 53.1 Å². The van der Waals surface area contributed by atoms with E-state index >= 15 is 0 Å². The largest absolute Gasteiger partial charge is 0.454 e. The van der Waals surface area contributed by atoms with Crippen molar-refractivity contribution >= 4 is 29.1 Å². The molecule has 8 nitrogen and oxygen atoms in total. The Morgan fingerprint density at radius 3 is 2.57 bits per heavy atom. The van der Waals surface area contributed by atoms with Gasteiger partial charge in [0.15, 0.2) is 28.3 Å². The van der Waals surface area contributed by atoms with Crippen LogP contribution in [0, 0.1) is 0 Å². The number of Topliss-reactive ketones (excluding diaryl/α,β-unsaturated/α-hetero) is 1. The molecule has 0 aliphatic carbocycles. The van der Waals surface area contributed by atoms with Gasteiger partial charge in [-0.05, 0) is 36.8 Å². The van der Waals surface area contributed by atoms with Crippen LogP contribution in [0.5, 0.6) is 11.5 Å². The Balaban J connectivity index is 1.37. The van der Waals surface area contributed by atoms with E-state index in [1.54, 1.807) is 24.3 Å². The third kappa shape index (κ3) is 5.04. The number of anilines is 1. The van der Waals surface area contributed by atoms with Crippen molar-refractivity contribution < 1.29 is 19.1 Å². The molecule has 5 rings (SSSR count). The number of nitrogens with zero attached hydrogens (tertiary/aromatic N) is 3. The first-order chi connectivity index (χ1) is 17.1. The summed E-state index contributed by atoms with van der Waals surface area (Å²) in [6, 6.07) is 22.5. The standard InChI is InChI=1S/C26H22N4O4S/c1-17(31)20-9-5-6-10-21(20)27-24(32)15-35-26-29-28-25(19-7-3-2-4-8-19)30(26)14-18-11-12-22-23(13-18)34-16-33-22/h2-13H,14-16H2,1H3,(H,27,32). The van der Waals surface area contributed by atoms with Gasteiger partial charge in [0.2, 0.25) is 12.7 Å². The van der Waals surface area contributed by atoms with Gasteiger partial charge in [-0.3, -0.25) is 14.2 Å². The summed E-state index contributed by atoms with van der Waals surface area (Å²) in [5.74, 6) is 1.90. The number of aromatic nitrogens is 3. The van der Waals surface area contributed by atoms with Crippen LogP contribution in [-0.4, -0.2) is 39.0 Å². The van der Waals surface area contributed by atoms with Crippen molar-refractivity contribution in [2.24, 2.45) is 0 Å². The van der Waals surface area contributed by atoms with Crippen LogP contribution in [0.25, 0.3) is 11.4 Å². The molecule has 2 heterocycles. The van der Waals surface area contributed by atoms with Crippen molar-refractivity contribution in [1.82, 2.24) is 14.8 Å². The number of ketones is 1. The molecule has 0 spiro atoms. The molecule has 1 aliphatic rings. The predicted molar refractivity (Wildman–Crippen MR) is 133 cm³/mol. The molecule has 0 fully saturated rings. The Kier molecular flexibility index (Phi) is 6.49. The van der Waals surface area contributed by atoms with E-state index in [2.05, 4.69) is 15.5 Å². The zero-order valence-corrected chi connectivity index (χ0v) is 19.7. The highest BCUT2D eigenvalue weighted by Gasteiger charge is 2.19. The number of carbonyl (C=O) groups is 2. The van der Waals surface area contributed by atoms with E-state index in [9.17, 15) is 9.59 Å². The summed E-state index contributed by atoms with van der Waals surface area (Å²) in [6.07, 6.45) is 0. The molecule has 0 radical (unpaired) electrons. The van der Waals surface area contributed by atoms with Crippen molar-refractivity contribution in [3.8, 4) is 22.9 Å². The van der Waals surface area contributed by atoms with E-state index in [4.69, 9.17) is 9.47 Å². The molecule has 0 saturated carbocycles. The van der Waals surface area contributed by atoms with Gasteiger partial charge in [-0.1, -0.05) is 60.3 Å². The normalized spacial score (nSPS) is 11.9. The molecule has 9 heteroatoms. The maximum Gasteiger partial charge on any atom is 0.234 e. The monoisotopic (exact) mass is 486 g/mol. The van der Waals surface area contributed by atoms with Gasteiger partial charge in [-0.15, -0.1) is 10.2 Å². The number of amides is 1. The fourth-order valence-electron chi connectivity index (χ4n) is 3.78. The Labute approximate surface area is 206 Å². The summed E-state index contributed by atoms with van der Waals surface area (Å²) in [6.45, 7) is 2.18. The molecular weight excluding hydrogens is 464 g/mol. The minimum Gasteiger partial charge on any atom is -0.454 e. The Bertz CT molecular complexity index is 1390. The zero-order chi connectivity index (χ0) is 24.2. The second-order valence-electron chi connectivity index (χ2n) is 7.88. The lowest BCUT2D eigenvalue weighted by Gasteiger charge is -2.12. The molecule has 0 saturated heterocycles. The highest BCUT2D eigenvalue weighted by atomic mass is 32.2. The summed E-state index contributed by atoms with van der Waals surface area (Å²) in [5, 5.41) is 12.2. The molecule has 1 aliphatic heterocycles. The molecule has 0 unspecified atom stereocenters. The van der Waals surface area contributed by atoms with Gasteiger partial charge < -0.3 is 14.8 Å². The van der Waals surface area contributed by atoms with Gasteiger partial charge >= 0.3 is 0 Å². The number of nitrogens with one attached hydrogen (secondary N) is 1. The summed E-state index contributed by atoms with van der Waals surface area (Å²) < 4.78 is 12.9. The number of fused-ring (bicyclic) bond motifs is 1. The van der Waals surface area contributed by atoms with E-state index in [0.717, 1.165) is 16.9 Å². The summed E-state index contributed by atoms with van der Waals surface area (Å²) in [5.41, 5.74) is 2.89. The molecule has 1 N–H and O–H groups in total. The first kappa shape index (κ1) is 22.7. The molecule has 1 aromatic heterocycles. The molecule has 3 aromatic carbocycles. The second kappa shape index (κ2) is 10.0. The van der Waals surface area contributed by atoms with Crippen molar-refractivity contribution in [3.05, 3.63) is 83.9 Å². The van der Waals surface area contributed by atoms with Crippen molar-refractivity contribution in [1.29, 1.82) is 0 Å². The molecule has 35 heavy (non-hydrogen) atoms. The fraction of sp³-hybridized carbons (Fsp3) is 0.154. The van der Waals surface area contributed by atoms with Gasteiger partial charge in [0.1, 0.15) is 0 Å². The summed E-state index contributed by atoms with van der Waals surface area (Å²) >= 11 is 1.29. The van der Waals surface area contributed by atoms with Crippen LogP contribution in [0.15, 0.2) is 78.0 Å². The van der Waals surface area contributed by atoms with Gasteiger partial charge in [0.25, 0.3) is 0 Å². The van der Waals surface area contributed by atoms with Crippen LogP contribution in [0.4, 0.5) is 5.69 Å². The maximum atomic E-state index is 12.7. The lowest BCUT2D eigenvalue weighted by molar-refractivity contribution is -0.113. The predicted octanol–water partition coefficient (Wildman–Crippen LogP) is 4.66. The number of benzene rings is 3. The van der Waals surface area contributed by atoms with Gasteiger partial charge in [-0.25, -0.2) is 0 Å². The smallest absolute Gasteiger partial charge is 0.234 e.